The third kappa shape index (κ3) is 1.91. The summed E-state index contributed by atoms with van der Waals surface area (Å²) in [4.78, 5) is 11.7. The van der Waals surface area contributed by atoms with E-state index in [1.54, 1.807) is 13.0 Å². The van der Waals surface area contributed by atoms with Crippen molar-refractivity contribution >= 4 is 5.97 Å². The lowest BCUT2D eigenvalue weighted by Crippen LogP contribution is -2.39. The highest BCUT2D eigenvalue weighted by Crippen LogP contribution is 2.54. The van der Waals surface area contributed by atoms with Crippen molar-refractivity contribution in [3.63, 3.8) is 0 Å². The number of hydrogen-bond acceptors (Lipinski definition) is 5. The van der Waals surface area contributed by atoms with Crippen LogP contribution in [-0.4, -0.2) is 46.2 Å². The molecule has 0 aromatic rings. The molecule has 1 aliphatic heterocycles. The van der Waals surface area contributed by atoms with Gasteiger partial charge in [0.2, 0.25) is 0 Å². The van der Waals surface area contributed by atoms with E-state index in [4.69, 9.17) is 4.74 Å². The van der Waals surface area contributed by atoms with Crippen LogP contribution in [-0.2, 0) is 9.53 Å². The first kappa shape index (κ1) is 14.0. The molecule has 20 heavy (non-hydrogen) atoms. The molecule has 0 aromatic carbocycles. The SMILES string of the molecule is C[C@@]1(CO)C[C@H]2[C@H](O)[C@H]3COC(=O)C3=C[C@@](C)(O)[C@H]2C1. The highest BCUT2D eigenvalue weighted by atomic mass is 16.5. The van der Waals surface area contributed by atoms with Crippen LogP contribution in [0.4, 0.5) is 0 Å². The van der Waals surface area contributed by atoms with E-state index in [1.165, 1.54) is 0 Å². The van der Waals surface area contributed by atoms with Crippen molar-refractivity contribution in [2.75, 3.05) is 13.2 Å². The lowest BCUT2D eigenvalue weighted by atomic mass is 9.79. The number of carbonyl (C=O) groups is 1. The second-order valence-corrected chi connectivity index (χ2v) is 7.17. The maximum atomic E-state index is 11.7. The van der Waals surface area contributed by atoms with Gasteiger partial charge in [-0.2, -0.15) is 0 Å². The molecule has 5 nitrogen and oxygen atoms in total. The van der Waals surface area contributed by atoms with Gasteiger partial charge in [-0.3, -0.25) is 0 Å². The lowest BCUT2D eigenvalue weighted by Gasteiger charge is -2.32. The zero-order valence-corrected chi connectivity index (χ0v) is 11.9. The smallest absolute Gasteiger partial charge is 0.334 e. The largest absolute Gasteiger partial charge is 0.462 e. The van der Waals surface area contributed by atoms with E-state index in [1.807, 2.05) is 6.92 Å². The zero-order valence-electron chi connectivity index (χ0n) is 11.9. The van der Waals surface area contributed by atoms with Gasteiger partial charge in [-0.15, -0.1) is 0 Å². The molecule has 5 heteroatoms. The van der Waals surface area contributed by atoms with Gasteiger partial charge >= 0.3 is 5.97 Å². The molecule has 3 N–H and O–H groups in total. The minimum absolute atomic E-state index is 0.0411. The first-order chi connectivity index (χ1) is 9.27. The maximum Gasteiger partial charge on any atom is 0.334 e. The fourth-order valence-corrected chi connectivity index (χ4v) is 4.26. The molecule has 1 saturated heterocycles. The van der Waals surface area contributed by atoms with Crippen molar-refractivity contribution in [1.82, 2.24) is 0 Å². The van der Waals surface area contributed by atoms with Crippen LogP contribution in [0.2, 0.25) is 0 Å². The molecule has 112 valence electrons. The maximum absolute atomic E-state index is 11.7. The van der Waals surface area contributed by atoms with Crippen LogP contribution in [0, 0.1) is 23.2 Å². The average Bonchev–Trinajstić information content (AvgIpc) is 2.90. The first-order valence-electron chi connectivity index (χ1n) is 7.19. The summed E-state index contributed by atoms with van der Waals surface area (Å²) in [5.41, 5.74) is -1.04. The Labute approximate surface area is 118 Å². The van der Waals surface area contributed by atoms with Crippen LogP contribution in [0.15, 0.2) is 11.6 Å². The third-order valence-corrected chi connectivity index (χ3v) is 5.42. The summed E-state index contributed by atoms with van der Waals surface area (Å²) in [6.45, 7) is 3.88. The molecule has 1 heterocycles. The van der Waals surface area contributed by atoms with Gasteiger partial charge in [0.15, 0.2) is 0 Å². The zero-order chi connectivity index (χ0) is 14.7. The van der Waals surface area contributed by atoms with Crippen molar-refractivity contribution in [2.24, 2.45) is 23.2 Å². The Morgan fingerprint density at radius 3 is 2.75 bits per heavy atom. The molecule has 3 aliphatic rings. The highest BCUT2D eigenvalue weighted by molar-refractivity contribution is 5.91. The molecular formula is C15H22O5. The minimum atomic E-state index is -1.16. The number of cyclic esters (lactones) is 1. The summed E-state index contributed by atoms with van der Waals surface area (Å²) in [6.07, 6.45) is 2.16. The van der Waals surface area contributed by atoms with Crippen LogP contribution in [0.3, 0.4) is 0 Å². The van der Waals surface area contributed by atoms with E-state index in [9.17, 15) is 20.1 Å². The quantitative estimate of drug-likeness (QED) is 0.600. The van der Waals surface area contributed by atoms with E-state index in [0.29, 0.717) is 18.4 Å². The van der Waals surface area contributed by atoms with E-state index in [-0.39, 0.29) is 36.4 Å². The predicted octanol–water partition coefficient (Wildman–Crippen LogP) is 0.236. The molecule has 0 spiro atoms. The molecular weight excluding hydrogens is 260 g/mol. The summed E-state index contributed by atoms with van der Waals surface area (Å²) >= 11 is 0. The number of rotatable bonds is 1. The van der Waals surface area contributed by atoms with Crippen molar-refractivity contribution in [3.8, 4) is 0 Å². The number of aliphatic hydroxyl groups is 3. The summed E-state index contributed by atoms with van der Waals surface area (Å²) in [7, 11) is 0. The van der Waals surface area contributed by atoms with Gasteiger partial charge in [-0.05, 0) is 43.1 Å². The highest BCUT2D eigenvalue weighted by Gasteiger charge is 2.56. The summed E-state index contributed by atoms with van der Waals surface area (Å²) < 4.78 is 5.02. The Morgan fingerprint density at radius 2 is 2.10 bits per heavy atom. The number of carbonyl (C=O) groups excluding carboxylic acids is 1. The molecule has 0 unspecified atom stereocenters. The van der Waals surface area contributed by atoms with Gasteiger partial charge in [-0.25, -0.2) is 4.79 Å². The Morgan fingerprint density at radius 1 is 1.40 bits per heavy atom. The molecule has 6 atom stereocenters. The monoisotopic (exact) mass is 282 g/mol. The fourth-order valence-electron chi connectivity index (χ4n) is 4.26. The third-order valence-electron chi connectivity index (χ3n) is 5.42. The lowest BCUT2D eigenvalue weighted by molar-refractivity contribution is -0.135. The van der Waals surface area contributed by atoms with Crippen molar-refractivity contribution in [3.05, 3.63) is 11.6 Å². The summed E-state index contributed by atoms with van der Waals surface area (Å²) in [5.74, 6) is -1.07. The number of aliphatic hydroxyl groups excluding tert-OH is 2. The van der Waals surface area contributed by atoms with Gasteiger partial charge in [0, 0.05) is 12.2 Å². The number of fused-ring (bicyclic) bond motifs is 2. The standard InChI is InChI=1S/C15H22O5/c1-14(7-16)3-9-11(5-14)15(2,19)4-8-10(12(9)17)6-20-13(8)18/h4,9-12,16-17,19H,3,5-7H2,1-2H3/t9-,10+,11+,12+,14-,15-/m1/s1. The molecule has 0 bridgehead atoms. The minimum Gasteiger partial charge on any atom is -0.462 e. The van der Waals surface area contributed by atoms with E-state index < -0.39 is 17.7 Å². The van der Waals surface area contributed by atoms with Gasteiger partial charge in [0.1, 0.15) is 6.61 Å². The first-order valence-corrected chi connectivity index (χ1v) is 7.19. The predicted molar refractivity (Wildman–Crippen MR) is 70.6 cm³/mol. The van der Waals surface area contributed by atoms with Crippen molar-refractivity contribution in [1.29, 1.82) is 0 Å². The Balaban J connectivity index is 2.02. The molecule has 2 aliphatic carbocycles. The molecule has 3 rings (SSSR count). The molecule has 0 aromatic heterocycles. The topological polar surface area (TPSA) is 87.0 Å². The van der Waals surface area contributed by atoms with E-state index in [0.717, 1.165) is 0 Å². The van der Waals surface area contributed by atoms with E-state index in [2.05, 4.69) is 0 Å². The summed E-state index contributed by atoms with van der Waals surface area (Å²) in [5, 5.41) is 31.0. The van der Waals surface area contributed by atoms with Gasteiger partial charge in [-0.1, -0.05) is 6.92 Å². The molecule has 0 amide bonds. The molecule has 2 fully saturated rings. The van der Waals surface area contributed by atoms with Crippen LogP contribution in [0.1, 0.15) is 26.7 Å². The van der Waals surface area contributed by atoms with Gasteiger partial charge in [0.25, 0.3) is 0 Å². The summed E-state index contributed by atoms with van der Waals surface area (Å²) in [6, 6.07) is 0. The van der Waals surface area contributed by atoms with Crippen LogP contribution < -0.4 is 0 Å². The van der Waals surface area contributed by atoms with E-state index >= 15 is 0 Å². The normalized spacial score (nSPS) is 51.0. The van der Waals surface area contributed by atoms with Crippen LogP contribution in [0.25, 0.3) is 0 Å². The number of esters is 1. The molecule has 1 saturated carbocycles. The Bertz CT molecular complexity index is 469. The number of hydrogen-bond donors (Lipinski definition) is 3. The molecule has 0 radical (unpaired) electrons. The van der Waals surface area contributed by atoms with Crippen molar-refractivity contribution < 1.29 is 24.9 Å². The van der Waals surface area contributed by atoms with Crippen molar-refractivity contribution in [2.45, 2.75) is 38.4 Å². The van der Waals surface area contributed by atoms with Gasteiger partial charge in [0.05, 0.1) is 17.6 Å². The average molecular weight is 282 g/mol. The second-order valence-electron chi connectivity index (χ2n) is 7.17. The number of ether oxygens (including phenoxy) is 1. The fraction of sp³-hybridized carbons (Fsp3) is 0.800. The van der Waals surface area contributed by atoms with Gasteiger partial charge < -0.3 is 20.1 Å². The second kappa shape index (κ2) is 4.29. The Hall–Kier alpha value is -0.910. The van der Waals surface area contributed by atoms with Crippen LogP contribution in [0.5, 0.6) is 0 Å². The van der Waals surface area contributed by atoms with Crippen LogP contribution >= 0.6 is 0 Å². The Kier molecular flexibility index (Phi) is 3.01.